The van der Waals surface area contributed by atoms with E-state index in [0.717, 1.165) is 25.8 Å². The maximum atomic E-state index is 13.6. The van der Waals surface area contributed by atoms with Crippen LogP contribution in [0.4, 0.5) is 0 Å². The van der Waals surface area contributed by atoms with E-state index in [0.29, 0.717) is 24.3 Å². The standard InChI is InChI=1S/C22H38N2O3/c1-14(2)11-12-23(5)18(15-9-7-6-8-10-15)20(25)24-13-16-17(22(16,3)4)19(24)21(26)27/h14-19H,6-13H2,1-5H3,(H,26,27)/t16-,17-,18-,19-/m0/s1. The van der Waals surface area contributed by atoms with E-state index in [1.807, 2.05) is 0 Å². The van der Waals surface area contributed by atoms with Crippen molar-refractivity contribution in [2.24, 2.45) is 29.1 Å². The van der Waals surface area contributed by atoms with Gasteiger partial charge in [0.05, 0.1) is 6.04 Å². The Labute approximate surface area is 164 Å². The van der Waals surface area contributed by atoms with Crippen LogP contribution in [0.2, 0.25) is 0 Å². The second kappa shape index (κ2) is 7.73. The summed E-state index contributed by atoms with van der Waals surface area (Å²) in [6, 6.07) is -0.798. The zero-order valence-corrected chi connectivity index (χ0v) is 17.8. The number of hydrogen-bond acceptors (Lipinski definition) is 3. The Morgan fingerprint density at radius 3 is 2.37 bits per heavy atom. The third kappa shape index (κ3) is 3.90. The smallest absolute Gasteiger partial charge is 0.326 e. The molecule has 0 unspecified atom stereocenters. The topological polar surface area (TPSA) is 60.9 Å². The van der Waals surface area contributed by atoms with Gasteiger partial charge in [0.1, 0.15) is 6.04 Å². The van der Waals surface area contributed by atoms with Crippen LogP contribution >= 0.6 is 0 Å². The average molecular weight is 379 g/mol. The molecule has 0 bridgehead atoms. The molecule has 3 rings (SSSR count). The number of carboxylic acid groups (broad SMARTS) is 1. The zero-order valence-electron chi connectivity index (χ0n) is 17.8. The minimum Gasteiger partial charge on any atom is -0.480 e. The third-order valence-corrected chi connectivity index (χ3v) is 7.63. The first kappa shape index (κ1) is 20.6. The highest BCUT2D eigenvalue weighted by Crippen LogP contribution is 2.65. The Balaban J connectivity index is 1.78. The van der Waals surface area contributed by atoms with Crippen molar-refractivity contribution >= 4 is 11.9 Å². The van der Waals surface area contributed by atoms with Crippen LogP contribution in [0.25, 0.3) is 0 Å². The van der Waals surface area contributed by atoms with Crippen molar-refractivity contribution < 1.29 is 14.7 Å². The molecule has 0 spiro atoms. The van der Waals surface area contributed by atoms with Gasteiger partial charge in [-0.2, -0.15) is 0 Å². The lowest BCUT2D eigenvalue weighted by Crippen LogP contribution is -2.56. The van der Waals surface area contributed by atoms with Crippen molar-refractivity contribution in [3.8, 4) is 0 Å². The van der Waals surface area contributed by atoms with E-state index < -0.39 is 12.0 Å². The molecule has 3 aliphatic rings. The maximum Gasteiger partial charge on any atom is 0.326 e. The van der Waals surface area contributed by atoms with Gasteiger partial charge in [-0.15, -0.1) is 0 Å². The lowest BCUT2D eigenvalue weighted by atomic mass is 9.82. The predicted octanol–water partition coefficient (Wildman–Crippen LogP) is 3.48. The van der Waals surface area contributed by atoms with E-state index in [9.17, 15) is 14.7 Å². The second-order valence-corrected chi connectivity index (χ2v) is 10.2. The fraction of sp³-hybridized carbons (Fsp3) is 0.909. The number of carboxylic acids is 1. The normalized spacial score (nSPS) is 31.2. The van der Waals surface area contributed by atoms with Gasteiger partial charge >= 0.3 is 5.97 Å². The van der Waals surface area contributed by atoms with Crippen LogP contribution in [-0.4, -0.2) is 59.0 Å². The molecular weight excluding hydrogens is 340 g/mol. The molecule has 5 heteroatoms. The van der Waals surface area contributed by atoms with Crippen LogP contribution in [-0.2, 0) is 9.59 Å². The highest BCUT2D eigenvalue weighted by molar-refractivity contribution is 5.89. The van der Waals surface area contributed by atoms with Gasteiger partial charge < -0.3 is 10.0 Å². The molecule has 0 radical (unpaired) electrons. The monoisotopic (exact) mass is 378 g/mol. The van der Waals surface area contributed by atoms with Gasteiger partial charge in [-0.3, -0.25) is 9.69 Å². The number of rotatable bonds is 7. The van der Waals surface area contributed by atoms with Gasteiger partial charge in [-0.25, -0.2) is 4.79 Å². The summed E-state index contributed by atoms with van der Waals surface area (Å²) >= 11 is 0. The summed E-state index contributed by atoms with van der Waals surface area (Å²) in [7, 11) is 2.07. The molecular formula is C22H38N2O3. The number of aliphatic carboxylic acids is 1. The van der Waals surface area contributed by atoms with Gasteiger partial charge in [0, 0.05) is 12.5 Å². The van der Waals surface area contributed by atoms with E-state index >= 15 is 0 Å². The Kier molecular flexibility index (Phi) is 5.90. The van der Waals surface area contributed by atoms with Gasteiger partial charge in [0.15, 0.2) is 0 Å². The van der Waals surface area contributed by atoms with Crippen LogP contribution in [0.15, 0.2) is 0 Å². The molecule has 154 valence electrons. The number of amides is 1. The molecule has 1 N–H and O–H groups in total. The minimum absolute atomic E-state index is 0.0592. The lowest BCUT2D eigenvalue weighted by Gasteiger charge is -2.40. The summed E-state index contributed by atoms with van der Waals surface area (Å²) in [4.78, 5) is 29.6. The van der Waals surface area contributed by atoms with Crippen molar-refractivity contribution in [1.82, 2.24) is 9.80 Å². The van der Waals surface area contributed by atoms with Crippen LogP contribution in [0, 0.1) is 29.1 Å². The molecule has 1 amide bonds. The fourth-order valence-corrected chi connectivity index (χ4v) is 5.77. The molecule has 5 nitrogen and oxygen atoms in total. The van der Waals surface area contributed by atoms with Gasteiger partial charge in [-0.05, 0) is 56.0 Å². The van der Waals surface area contributed by atoms with Crippen LogP contribution in [0.5, 0.6) is 0 Å². The van der Waals surface area contributed by atoms with Gasteiger partial charge in [0.2, 0.25) is 5.91 Å². The summed E-state index contributed by atoms with van der Waals surface area (Å²) < 4.78 is 0. The zero-order chi connectivity index (χ0) is 19.9. The first-order chi connectivity index (χ1) is 12.7. The van der Waals surface area contributed by atoms with E-state index in [2.05, 4.69) is 39.6 Å². The average Bonchev–Trinajstić information content (AvgIpc) is 2.97. The Hall–Kier alpha value is -1.10. The highest BCUT2D eigenvalue weighted by atomic mass is 16.4. The Bertz CT molecular complexity index is 568. The van der Waals surface area contributed by atoms with Crippen molar-refractivity contribution in [1.29, 1.82) is 0 Å². The number of nitrogens with zero attached hydrogens (tertiary/aromatic N) is 2. The number of fused-ring (bicyclic) bond motifs is 1. The summed E-state index contributed by atoms with van der Waals surface area (Å²) in [5, 5.41) is 9.86. The highest BCUT2D eigenvalue weighted by Gasteiger charge is 2.70. The Morgan fingerprint density at radius 1 is 1.19 bits per heavy atom. The van der Waals surface area contributed by atoms with Crippen molar-refractivity contribution in [2.45, 2.75) is 78.3 Å². The van der Waals surface area contributed by atoms with E-state index in [1.54, 1.807) is 4.90 Å². The van der Waals surface area contributed by atoms with Gasteiger partial charge in [0.25, 0.3) is 0 Å². The minimum atomic E-state index is -0.825. The molecule has 2 aliphatic carbocycles. The van der Waals surface area contributed by atoms with Crippen LogP contribution < -0.4 is 0 Å². The summed E-state index contributed by atoms with van der Waals surface area (Å²) in [6.07, 6.45) is 6.87. The van der Waals surface area contributed by atoms with E-state index in [-0.39, 0.29) is 23.3 Å². The molecule has 1 saturated heterocycles. The largest absolute Gasteiger partial charge is 0.480 e. The SMILES string of the molecule is CC(C)CCN(C)[C@H](C(=O)N1C[C@H]2[C@@H]([C@H]1C(=O)O)C2(C)C)C1CCCCC1. The molecule has 4 atom stereocenters. The van der Waals surface area contributed by atoms with Crippen molar-refractivity contribution in [3.63, 3.8) is 0 Å². The number of likely N-dealkylation sites (N-methyl/N-ethyl adjacent to an activating group) is 1. The molecule has 0 aromatic carbocycles. The first-order valence-electron chi connectivity index (χ1n) is 10.9. The molecule has 3 fully saturated rings. The third-order valence-electron chi connectivity index (χ3n) is 7.63. The summed E-state index contributed by atoms with van der Waals surface area (Å²) in [5.41, 5.74) is 0.0592. The molecule has 0 aromatic heterocycles. The Morgan fingerprint density at radius 2 is 1.81 bits per heavy atom. The molecule has 1 heterocycles. The van der Waals surface area contributed by atoms with E-state index in [4.69, 9.17) is 0 Å². The fourth-order valence-electron chi connectivity index (χ4n) is 5.77. The van der Waals surface area contributed by atoms with Crippen molar-refractivity contribution in [3.05, 3.63) is 0 Å². The number of carbonyl (C=O) groups excluding carboxylic acids is 1. The molecule has 27 heavy (non-hydrogen) atoms. The lowest BCUT2D eigenvalue weighted by molar-refractivity contribution is -0.153. The number of piperidine rings is 1. The quantitative estimate of drug-likeness (QED) is 0.737. The van der Waals surface area contributed by atoms with Crippen molar-refractivity contribution in [2.75, 3.05) is 20.1 Å². The molecule has 2 saturated carbocycles. The second-order valence-electron chi connectivity index (χ2n) is 10.2. The maximum absolute atomic E-state index is 13.6. The predicted molar refractivity (Wildman–Crippen MR) is 106 cm³/mol. The summed E-state index contributed by atoms with van der Waals surface area (Å²) in [6.45, 7) is 10.2. The molecule has 0 aromatic rings. The van der Waals surface area contributed by atoms with Crippen LogP contribution in [0.1, 0.15) is 66.2 Å². The van der Waals surface area contributed by atoms with Crippen LogP contribution in [0.3, 0.4) is 0 Å². The number of carbonyl (C=O) groups is 2. The number of likely N-dealkylation sites (tertiary alicyclic amines) is 1. The van der Waals surface area contributed by atoms with Gasteiger partial charge in [-0.1, -0.05) is 47.0 Å². The summed E-state index contributed by atoms with van der Waals surface area (Å²) in [5.74, 6) is 0.670. The number of hydrogen-bond donors (Lipinski definition) is 1. The first-order valence-corrected chi connectivity index (χ1v) is 10.9. The molecule has 1 aliphatic heterocycles. The van der Waals surface area contributed by atoms with E-state index in [1.165, 1.54) is 19.3 Å².